The van der Waals surface area contributed by atoms with Gasteiger partial charge in [-0.15, -0.1) is 0 Å². The molecule has 1 saturated heterocycles. The lowest BCUT2D eigenvalue weighted by molar-refractivity contribution is -0.137. The Morgan fingerprint density at radius 1 is 1.25 bits per heavy atom. The average Bonchev–Trinajstić information content (AvgIpc) is 3.35. The van der Waals surface area contributed by atoms with Crippen LogP contribution in [-0.4, -0.2) is 63.6 Å². The summed E-state index contributed by atoms with van der Waals surface area (Å²) in [7, 11) is 1.56. The predicted octanol–water partition coefficient (Wildman–Crippen LogP) is 2.08. The van der Waals surface area contributed by atoms with Gasteiger partial charge in [0.25, 0.3) is 5.91 Å². The highest BCUT2D eigenvalue weighted by Crippen LogP contribution is 2.29. The van der Waals surface area contributed by atoms with E-state index in [-0.39, 0.29) is 35.7 Å². The topological polar surface area (TPSA) is 109 Å². The third kappa shape index (κ3) is 4.47. The molecule has 1 aliphatic rings. The van der Waals surface area contributed by atoms with Crippen molar-refractivity contribution >= 4 is 28.8 Å². The average molecular weight is 443 g/mol. The van der Waals surface area contributed by atoms with Crippen LogP contribution in [0.25, 0.3) is 11.0 Å². The van der Waals surface area contributed by atoms with Gasteiger partial charge in [0, 0.05) is 19.3 Å². The van der Waals surface area contributed by atoms with E-state index >= 15 is 0 Å². The minimum atomic E-state index is -0.475. The fourth-order valence-electron chi connectivity index (χ4n) is 4.11. The molecule has 9 heteroatoms. The molecule has 0 aromatic carbocycles. The number of pyridine rings is 1. The van der Waals surface area contributed by atoms with Crippen LogP contribution in [0.15, 0.2) is 6.07 Å². The van der Waals surface area contributed by atoms with Gasteiger partial charge in [-0.3, -0.25) is 14.4 Å². The Kier molecular flexibility index (Phi) is 6.57. The van der Waals surface area contributed by atoms with E-state index in [0.717, 1.165) is 12.1 Å². The summed E-state index contributed by atoms with van der Waals surface area (Å²) in [6.07, 6.45) is 1.40. The van der Waals surface area contributed by atoms with Gasteiger partial charge in [0.2, 0.25) is 11.8 Å². The molecule has 32 heavy (non-hydrogen) atoms. The van der Waals surface area contributed by atoms with Crippen molar-refractivity contribution in [3.8, 4) is 0 Å². The molecule has 2 aromatic rings. The summed E-state index contributed by atoms with van der Waals surface area (Å²) in [5, 5.41) is 10.7. The number of nitrogens with zero attached hydrogens (tertiary/aromatic N) is 4. The second-order valence-corrected chi connectivity index (χ2v) is 9.66. The molecule has 1 unspecified atom stereocenters. The molecular weight excluding hydrogens is 408 g/mol. The van der Waals surface area contributed by atoms with E-state index in [1.54, 1.807) is 18.0 Å². The molecule has 1 aliphatic heterocycles. The van der Waals surface area contributed by atoms with Crippen molar-refractivity contribution < 1.29 is 14.4 Å². The third-order valence-electron chi connectivity index (χ3n) is 5.83. The van der Waals surface area contributed by atoms with Crippen LogP contribution in [-0.2, 0) is 15.1 Å². The Hall–Kier alpha value is -2.97. The van der Waals surface area contributed by atoms with Crippen LogP contribution in [0, 0.1) is 6.92 Å². The van der Waals surface area contributed by atoms with E-state index in [4.69, 9.17) is 4.98 Å². The molecule has 0 saturated carbocycles. The zero-order chi connectivity index (χ0) is 23.8. The first-order valence-electron chi connectivity index (χ1n) is 11.2. The van der Waals surface area contributed by atoms with Gasteiger partial charge in [-0.05, 0) is 52.5 Å². The van der Waals surface area contributed by atoms with Gasteiger partial charge < -0.3 is 15.5 Å². The van der Waals surface area contributed by atoms with Crippen molar-refractivity contribution in [1.29, 1.82) is 0 Å². The second kappa shape index (κ2) is 8.88. The normalized spacial score (nSPS) is 16.6. The summed E-state index contributed by atoms with van der Waals surface area (Å²) in [5.41, 5.74) is 2.33. The van der Waals surface area contributed by atoms with Crippen molar-refractivity contribution in [2.45, 2.75) is 71.9 Å². The van der Waals surface area contributed by atoms with Crippen LogP contribution in [0.3, 0.4) is 0 Å². The standard InChI is InChI=1S/C23H34N6O3/c1-13(2)16-11-15(19-14(3)27-29(20(19)26-16)23(4,5)6)21(31)25-12-18(30)28-10-8-9-17(28)22(32)24-7/h11,13,17H,8-10,12H2,1-7H3,(H,24,32)(H,25,31). The molecule has 0 radical (unpaired) electrons. The smallest absolute Gasteiger partial charge is 0.252 e. The highest BCUT2D eigenvalue weighted by molar-refractivity contribution is 6.07. The number of fused-ring (bicyclic) bond motifs is 1. The van der Waals surface area contributed by atoms with Crippen LogP contribution < -0.4 is 10.6 Å². The number of amides is 3. The molecule has 0 aliphatic carbocycles. The van der Waals surface area contributed by atoms with Gasteiger partial charge in [0.1, 0.15) is 6.04 Å². The number of rotatable bonds is 5. The Morgan fingerprint density at radius 3 is 2.53 bits per heavy atom. The van der Waals surface area contributed by atoms with Crippen LogP contribution in [0.2, 0.25) is 0 Å². The molecule has 3 amide bonds. The molecule has 3 rings (SSSR count). The fourth-order valence-corrected chi connectivity index (χ4v) is 4.11. The molecule has 3 heterocycles. The number of aromatic nitrogens is 3. The SMILES string of the molecule is CNC(=O)C1CCCN1C(=O)CNC(=O)c1cc(C(C)C)nc2c1c(C)nn2C(C)(C)C. The first-order chi connectivity index (χ1) is 15.0. The zero-order valence-corrected chi connectivity index (χ0v) is 20.1. The lowest BCUT2D eigenvalue weighted by atomic mass is 10.0. The summed E-state index contributed by atoms with van der Waals surface area (Å²) < 4.78 is 1.85. The number of aryl methyl sites for hydroxylation is 1. The first kappa shape index (κ1) is 23.7. The van der Waals surface area contributed by atoms with Crippen LogP contribution >= 0.6 is 0 Å². The van der Waals surface area contributed by atoms with Gasteiger partial charge in [-0.25, -0.2) is 9.67 Å². The summed E-state index contributed by atoms with van der Waals surface area (Å²) in [6, 6.07) is 1.31. The molecule has 174 valence electrons. The predicted molar refractivity (Wildman–Crippen MR) is 122 cm³/mol. The molecule has 1 fully saturated rings. The highest BCUT2D eigenvalue weighted by Gasteiger charge is 2.33. The largest absolute Gasteiger partial charge is 0.357 e. The molecule has 2 N–H and O–H groups in total. The molecule has 0 spiro atoms. The molecule has 0 bridgehead atoms. The minimum Gasteiger partial charge on any atom is -0.357 e. The molecule has 2 aromatic heterocycles. The van der Waals surface area contributed by atoms with Gasteiger partial charge >= 0.3 is 0 Å². The van der Waals surface area contributed by atoms with E-state index in [9.17, 15) is 14.4 Å². The monoisotopic (exact) mass is 442 g/mol. The van der Waals surface area contributed by atoms with Crippen LogP contribution in [0.1, 0.15) is 75.1 Å². The minimum absolute atomic E-state index is 0.120. The van der Waals surface area contributed by atoms with Crippen molar-refractivity contribution in [3.05, 3.63) is 23.0 Å². The van der Waals surface area contributed by atoms with Gasteiger partial charge in [-0.1, -0.05) is 13.8 Å². The number of carbonyl (C=O) groups excluding carboxylic acids is 3. The van der Waals surface area contributed by atoms with E-state index in [0.29, 0.717) is 35.3 Å². The molecule has 1 atom stereocenters. The summed E-state index contributed by atoms with van der Waals surface area (Å²) in [6.45, 7) is 12.4. The number of likely N-dealkylation sites (N-methyl/N-ethyl adjacent to an activating group) is 1. The van der Waals surface area contributed by atoms with Gasteiger partial charge in [-0.2, -0.15) is 5.10 Å². The van der Waals surface area contributed by atoms with Crippen molar-refractivity contribution in [1.82, 2.24) is 30.3 Å². The summed E-state index contributed by atoms with van der Waals surface area (Å²) in [4.78, 5) is 44.4. The lowest BCUT2D eigenvalue weighted by Crippen LogP contribution is -2.48. The number of hydrogen-bond acceptors (Lipinski definition) is 5. The van der Waals surface area contributed by atoms with Gasteiger partial charge in [0.15, 0.2) is 5.65 Å². The zero-order valence-electron chi connectivity index (χ0n) is 20.1. The molecule has 9 nitrogen and oxygen atoms in total. The Labute approximate surface area is 188 Å². The van der Waals surface area contributed by atoms with Crippen LogP contribution in [0.4, 0.5) is 0 Å². The maximum absolute atomic E-state index is 13.2. The molecular formula is C23H34N6O3. The van der Waals surface area contributed by atoms with E-state index < -0.39 is 6.04 Å². The van der Waals surface area contributed by atoms with Gasteiger partial charge in [0.05, 0.1) is 28.7 Å². The fraction of sp³-hybridized carbons (Fsp3) is 0.609. The number of carbonyl (C=O) groups is 3. The van der Waals surface area contributed by atoms with E-state index in [1.807, 2.05) is 46.2 Å². The Morgan fingerprint density at radius 2 is 1.94 bits per heavy atom. The maximum Gasteiger partial charge on any atom is 0.252 e. The van der Waals surface area contributed by atoms with Crippen LogP contribution in [0.5, 0.6) is 0 Å². The first-order valence-corrected chi connectivity index (χ1v) is 11.2. The summed E-state index contributed by atoms with van der Waals surface area (Å²) in [5.74, 6) is -0.667. The highest BCUT2D eigenvalue weighted by atomic mass is 16.2. The quantitative estimate of drug-likeness (QED) is 0.737. The Balaban J connectivity index is 1.90. The number of hydrogen-bond donors (Lipinski definition) is 2. The van der Waals surface area contributed by atoms with Crippen molar-refractivity contribution in [2.75, 3.05) is 20.1 Å². The van der Waals surface area contributed by atoms with E-state index in [1.165, 1.54) is 0 Å². The maximum atomic E-state index is 13.2. The lowest BCUT2D eigenvalue weighted by Gasteiger charge is -2.23. The Bertz CT molecular complexity index is 1050. The van der Waals surface area contributed by atoms with E-state index in [2.05, 4.69) is 15.7 Å². The summed E-state index contributed by atoms with van der Waals surface area (Å²) >= 11 is 0. The second-order valence-electron chi connectivity index (χ2n) is 9.66. The third-order valence-corrected chi connectivity index (χ3v) is 5.83. The van der Waals surface area contributed by atoms with Crippen molar-refractivity contribution in [2.24, 2.45) is 0 Å². The number of nitrogens with one attached hydrogen (secondary N) is 2. The van der Waals surface area contributed by atoms with Crippen molar-refractivity contribution in [3.63, 3.8) is 0 Å². The number of likely N-dealkylation sites (tertiary alicyclic amines) is 1.